The van der Waals surface area contributed by atoms with Gasteiger partial charge in [-0.25, -0.2) is 9.97 Å². The zero-order valence-electron chi connectivity index (χ0n) is 18.4. The van der Waals surface area contributed by atoms with E-state index in [1.807, 2.05) is 36.6 Å². The fourth-order valence-electron chi connectivity index (χ4n) is 3.38. The Balaban J connectivity index is 1.72. The van der Waals surface area contributed by atoms with E-state index in [9.17, 15) is 4.79 Å². The van der Waals surface area contributed by atoms with Crippen LogP contribution >= 0.6 is 11.8 Å². The molecule has 9 nitrogen and oxygen atoms in total. The summed E-state index contributed by atoms with van der Waals surface area (Å²) in [5.74, 6) is 1.02. The number of primary amides is 1. The van der Waals surface area contributed by atoms with Gasteiger partial charge < -0.3 is 25.3 Å². The van der Waals surface area contributed by atoms with E-state index in [0.717, 1.165) is 5.56 Å². The minimum Gasteiger partial charge on any atom is -0.493 e. The lowest BCUT2D eigenvalue weighted by Gasteiger charge is -2.18. The molecule has 2 aromatic heterocycles. The molecule has 0 radical (unpaired) electrons. The first-order valence-corrected chi connectivity index (χ1v) is 11.2. The summed E-state index contributed by atoms with van der Waals surface area (Å²) in [5.41, 5.74) is 7.86. The van der Waals surface area contributed by atoms with Crippen LogP contribution in [0.2, 0.25) is 0 Å². The highest BCUT2D eigenvalue weighted by Gasteiger charge is 2.21. The fraction of sp³-hybridized carbons (Fsp3) is 0.174. The molecule has 0 spiro atoms. The van der Waals surface area contributed by atoms with E-state index in [2.05, 4.69) is 15.3 Å². The quantitative estimate of drug-likeness (QED) is 0.283. The van der Waals surface area contributed by atoms with Crippen LogP contribution < -0.4 is 25.3 Å². The number of ether oxygens (including phenoxy) is 3. The van der Waals surface area contributed by atoms with Crippen molar-refractivity contribution in [2.75, 3.05) is 25.8 Å². The van der Waals surface area contributed by atoms with Gasteiger partial charge in [0.15, 0.2) is 22.3 Å². The van der Waals surface area contributed by atoms with Crippen LogP contribution in [0.25, 0.3) is 5.65 Å². The van der Waals surface area contributed by atoms with Crippen LogP contribution in [0.1, 0.15) is 15.9 Å². The Hall–Kier alpha value is -3.92. The summed E-state index contributed by atoms with van der Waals surface area (Å²) in [6.45, 7) is 0.349. The largest absolute Gasteiger partial charge is 0.493 e. The molecular formula is C23H23N5O4S. The standard InChI is InChI=1S/C23H23N5O4S/c1-30-16-11-15(12-17(31-2)19(16)32-13-14-7-5-4-6-8-14)26-21-18(20(24)29)22-25-9-10-28(22)23(27-21)33-3/h4-12,26H,13H2,1-3H3,(H2,24,29). The van der Waals surface area contributed by atoms with Crippen LogP contribution in [0.15, 0.2) is 60.0 Å². The zero-order chi connectivity index (χ0) is 23.4. The molecule has 2 aromatic carbocycles. The zero-order valence-corrected chi connectivity index (χ0v) is 19.2. The van der Waals surface area contributed by atoms with Gasteiger partial charge in [-0.3, -0.25) is 9.20 Å². The summed E-state index contributed by atoms with van der Waals surface area (Å²) < 4.78 is 18.8. The second-order valence-corrected chi connectivity index (χ2v) is 7.69. The maximum absolute atomic E-state index is 12.3. The number of carbonyl (C=O) groups is 1. The van der Waals surface area contributed by atoms with Gasteiger partial charge in [0.25, 0.3) is 5.91 Å². The Kier molecular flexibility index (Phi) is 6.55. The van der Waals surface area contributed by atoms with Gasteiger partial charge in [0.2, 0.25) is 5.75 Å². The average molecular weight is 466 g/mol. The van der Waals surface area contributed by atoms with Gasteiger partial charge >= 0.3 is 0 Å². The van der Waals surface area contributed by atoms with Crippen LogP contribution in [-0.2, 0) is 6.61 Å². The van der Waals surface area contributed by atoms with Crippen LogP contribution in [-0.4, -0.2) is 40.8 Å². The van der Waals surface area contributed by atoms with Crippen molar-refractivity contribution in [3.63, 3.8) is 0 Å². The van der Waals surface area contributed by atoms with Crippen LogP contribution in [0, 0.1) is 0 Å². The number of rotatable bonds is 9. The van der Waals surface area contributed by atoms with Crippen LogP contribution in [0.3, 0.4) is 0 Å². The topological polar surface area (TPSA) is 113 Å². The predicted molar refractivity (Wildman–Crippen MR) is 127 cm³/mol. The maximum atomic E-state index is 12.3. The summed E-state index contributed by atoms with van der Waals surface area (Å²) in [7, 11) is 3.09. The Morgan fingerprint density at radius 1 is 1.15 bits per heavy atom. The first-order valence-electron chi connectivity index (χ1n) is 9.96. The summed E-state index contributed by atoms with van der Waals surface area (Å²) in [5, 5.41) is 3.82. The first-order chi connectivity index (χ1) is 16.0. The number of methoxy groups -OCH3 is 2. The lowest BCUT2D eigenvalue weighted by Crippen LogP contribution is -2.17. The number of hydrogen-bond donors (Lipinski definition) is 2. The van der Waals surface area contributed by atoms with Crippen LogP contribution in [0.5, 0.6) is 17.2 Å². The average Bonchev–Trinajstić information content (AvgIpc) is 3.32. The van der Waals surface area contributed by atoms with Crippen molar-refractivity contribution in [3.8, 4) is 17.2 Å². The van der Waals surface area contributed by atoms with Crippen molar-refractivity contribution in [2.24, 2.45) is 5.73 Å². The molecule has 0 aliphatic carbocycles. The number of nitrogens with one attached hydrogen (secondary N) is 1. The molecule has 0 unspecified atom stereocenters. The third-order valence-electron chi connectivity index (χ3n) is 4.89. The van der Waals surface area contributed by atoms with Gasteiger partial charge in [0.1, 0.15) is 18.0 Å². The van der Waals surface area contributed by atoms with Crippen molar-refractivity contribution in [3.05, 3.63) is 66.0 Å². The van der Waals surface area contributed by atoms with Crippen molar-refractivity contribution < 1.29 is 19.0 Å². The Morgan fingerprint density at radius 3 is 2.45 bits per heavy atom. The number of nitrogens with two attached hydrogens (primary N) is 1. The van der Waals surface area contributed by atoms with Gasteiger partial charge in [-0.2, -0.15) is 0 Å². The predicted octanol–water partition coefficient (Wildman–Crippen LogP) is 3.89. The highest BCUT2D eigenvalue weighted by molar-refractivity contribution is 7.98. The molecule has 0 bridgehead atoms. The molecule has 0 saturated heterocycles. The molecule has 0 saturated carbocycles. The molecule has 0 aliphatic rings. The van der Waals surface area contributed by atoms with Gasteiger partial charge in [-0.1, -0.05) is 42.1 Å². The molecule has 0 aliphatic heterocycles. The van der Waals surface area contributed by atoms with E-state index in [1.165, 1.54) is 11.8 Å². The number of hydrogen-bond acceptors (Lipinski definition) is 8. The Morgan fingerprint density at radius 2 is 1.85 bits per heavy atom. The number of imidazole rings is 1. The highest BCUT2D eigenvalue weighted by atomic mass is 32.2. The number of carbonyl (C=O) groups excluding carboxylic acids is 1. The Bertz CT molecular complexity index is 1270. The van der Waals surface area contributed by atoms with Crippen molar-refractivity contribution in [2.45, 2.75) is 11.8 Å². The molecule has 0 fully saturated rings. The van der Waals surface area contributed by atoms with Gasteiger partial charge in [-0.15, -0.1) is 0 Å². The van der Waals surface area contributed by atoms with Crippen LogP contribution in [0.4, 0.5) is 11.5 Å². The molecule has 2 heterocycles. The van der Waals surface area contributed by atoms with Gasteiger partial charge in [0, 0.05) is 30.2 Å². The number of aromatic nitrogens is 3. The SMILES string of the molecule is COc1cc(Nc2nc(SC)n3ccnc3c2C(N)=O)cc(OC)c1OCc1ccccc1. The Labute approximate surface area is 194 Å². The van der Waals surface area contributed by atoms with Gasteiger partial charge in [0.05, 0.1) is 14.2 Å². The molecule has 10 heteroatoms. The van der Waals surface area contributed by atoms with Crippen molar-refractivity contribution >= 4 is 34.8 Å². The van der Waals surface area contributed by atoms with E-state index in [1.54, 1.807) is 43.1 Å². The summed E-state index contributed by atoms with van der Waals surface area (Å²) in [6.07, 6.45) is 5.22. The highest BCUT2D eigenvalue weighted by Crippen LogP contribution is 2.41. The lowest BCUT2D eigenvalue weighted by atomic mass is 10.2. The number of thioether (sulfide) groups is 1. The lowest BCUT2D eigenvalue weighted by molar-refractivity contribution is 0.100. The van der Waals surface area contributed by atoms with Crippen molar-refractivity contribution in [1.29, 1.82) is 0 Å². The normalized spacial score (nSPS) is 10.8. The maximum Gasteiger partial charge on any atom is 0.256 e. The minimum atomic E-state index is -0.643. The smallest absolute Gasteiger partial charge is 0.256 e. The molecule has 170 valence electrons. The number of benzene rings is 2. The molecule has 33 heavy (non-hydrogen) atoms. The van der Waals surface area contributed by atoms with E-state index < -0.39 is 5.91 Å². The molecule has 3 N–H and O–H groups in total. The first kappa shape index (κ1) is 22.3. The number of amides is 1. The number of anilines is 2. The van der Waals surface area contributed by atoms with E-state index in [-0.39, 0.29) is 11.4 Å². The fourth-order valence-corrected chi connectivity index (χ4v) is 3.90. The van der Waals surface area contributed by atoms with E-state index in [4.69, 9.17) is 19.9 Å². The molecule has 4 aromatic rings. The minimum absolute atomic E-state index is 0.181. The molecular weight excluding hydrogens is 442 g/mol. The molecule has 1 amide bonds. The van der Waals surface area contributed by atoms with E-state index >= 15 is 0 Å². The summed E-state index contributed by atoms with van der Waals surface area (Å²) in [6, 6.07) is 13.3. The monoisotopic (exact) mass is 465 g/mol. The van der Waals surface area contributed by atoms with Crippen molar-refractivity contribution in [1.82, 2.24) is 14.4 Å². The third kappa shape index (κ3) is 4.51. The van der Waals surface area contributed by atoms with Gasteiger partial charge in [-0.05, 0) is 11.8 Å². The summed E-state index contributed by atoms with van der Waals surface area (Å²) in [4.78, 5) is 21.1. The summed E-state index contributed by atoms with van der Waals surface area (Å²) >= 11 is 1.42. The second-order valence-electron chi connectivity index (χ2n) is 6.92. The number of nitrogens with zero attached hydrogens (tertiary/aromatic N) is 3. The molecule has 4 rings (SSSR count). The second kappa shape index (κ2) is 9.70. The number of fused-ring (bicyclic) bond motifs is 1. The molecule has 0 atom stereocenters. The van der Waals surface area contributed by atoms with E-state index in [0.29, 0.717) is 40.3 Å². The third-order valence-corrected chi connectivity index (χ3v) is 5.55.